The third kappa shape index (κ3) is 3.47. The fraction of sp³-hybridized carbons (Fsp3) is 0.500. The van der Waals surface area contributed by atoms with Crippen molar-refractivity contribution in [1.29, 1.82) is 0 Å². The van der Waals surface area contributed by atoms with Crippen LogP contribution in [-0.2, 0) is 11.3 Å². The first-order chi connectivity index (χ1) is 8.49. The van der Waals surface area contributed by atoms with Gasteiger partial charge < -0.3 is 10.1 Å². The summed E-state index contributed by atoms with van der Waals surface area (Å²) >= 11 is 0. The molecule has 0 saturated heterocycles. The number of carbonyl (C=O) groups excluding carboxylic acids is 1. The quantitative estimate of drug-likeness (QED) is 0.862. The van der Waals surface area contributed by atoms with Crippen LogP contribution in [0.15, 0.2) is 18.2 Å². The van der Waals surface area contributed by atoms with Gasteiger partial charge in [-0.2, -0.15) is 0 Å². The number of hydrogen-bond acceptors (Lipinski definition) is 3. The Kier molecular flexibility index (Phi) is 5.16. The van der Waals surface area contributed by atoms with Gasteiger partial charge in [-0.3, -0.25) is 9.69 Å². The molecule has 4 heteroatoms. The summed E-state index contributed by atoms with van der Waals surface area (Å²) in [5.41, 5.74) is 2.28. The van der Waals surface area contributed by atoms with Gasteiger partial charge in [0.25, 0.3) is 0 Å². The molecular formula is C14H22N2O2. The van der Waals surface area contributed by atoms with Crippen molar-refractivity contribution >= 4 is 5.91 Å². The van der Waals surface area contributed by atoms with Crippen molar-refractivity contribution in [3.05, 3.63) is 29.3 Å². The fourth-order valence-corrected chi connectivity index (χ4v) is 1.85. The minimum absolute atomic E-state index is 0.0177. The molecule has 1 amide bonds. The van der Waals surface area contributed by atoms with Crippen molar-refractivity contribution in [3.63, 3.8) is 0 Å². The van der Waals surface area contributed by atoms with Crippen LogP contribution in [0.5, 0.6) is 5.75 Å². The molecule has 1 N–H and O–H groups in total. The highest BCUT2D eigenvalue weighted by Crippen LogP contribution is 2.21. The smallest absolute Gasteiger partial charge is 0.236 e. The minimum atomic E-state index is -0.166. The third-order valence-corrected chi connectivity index (χ3v) is 3.14. The topological polar surface area (TPSA) is 41.6 Å². The standard InChI is InChI=1S/C14H22N2O2/c1-10-6-7-13(18-5)12(8-10)9-16(4)11(2)14(17)15-3/h6-8,11H,9H2,1-5H3,(H,15,17)/t11-/m0/s1. The Morgan fingerprint density at radius 1 is 1.50 bits per heavy atom. The molecule has 0 aliphatic heterocycles. The van der Waals surface area contributed by atoms with Crippen LogP contribution in [0.3, 0.4) is 0 Å². The van der Waals surface area contributed by atoms with E-state index >= 15 is 0 Å². The van der Waals surface area contributed by atoms with Crippen LogP contribution in [0, 0.1) is 6.92 Å². The zero-order valence-electron chi connectivity index (χ0n) is 11.8. The van der Waals surface area contributed by atoms with Gasteiger partial charge in [-0.25, -0.2) is 0 Å². The van der Waals surface area contributed by atoms with Crippen molar-refractivity contribution in [1.82, 2.24) is 10.2 Å². The van der Waals surface area contributed by atoms with Crippen LogP contribution in [0.1, 0.15) is 18.1 Å². The number of nitrogens with one attached hydrogen (secondary N) is 1. The van der Waals surface area contributed by atoms with Gasteiger partial charge in [-0.15, -0.1) is 0 Å². The summed E-state index contributed by atoms with van der Waals surface area (Å²) in [6, 6.07) is 5.90. The first-order valence-corrected chi connectivity index (χ1v) is 6.05. The molecule has 18 heavy (non-hydrogen) atoms. The number of nitrogens with zero attached hydrogens (tertiary/aromatic N) is 1. The second kappa shape index (κ2) is 6.40. The largest absolute Gasteiger partial charge is 0.496 e. The molecule has 100 valence electrons. The highest BCUT2D eigenvalue weighted by atomic mass is 16.5. The van der Waals surface area contributed by atoms with Crippen molar-refractivity contribution in [3.8, 4) is 5.75 Å². The molecule has 1 atom stereocenters. The van der Waals surface area contributed by atoms with Gasteiger partial charge in [0.15, 0.2) is 0 Å². The SMILES string of the molecule is CNC(=O)[C@H](C)N(C)Cc1cc(C)ccc1OC. The number of ether oxygens (including phenoxy) is 1. The Balaban J connectivity index is 2.83. The lowest BCUT2D eigenvalue weighted by atomic mass is 10.1. The molecule has 4 nitrogen and oxygen atoms in total. The van der Waals surface area contributed by atoms with Crippen molar-refractivity contribution in [2.45, 2.75) is 26.4 Å². The predicted molar refractivity (Wildman–Crippen MR) is 72.7 cm³/mol. The van der Waals surface area contributed by atoms with E-state index in [1.807, 2.05) is 37.9 Å². The normalized spacial score (nSPS) is 12.3. The van der Waals surface area contributed by atoms with Crippen LogP contribution < -0.4 is 10.1 Å². The maximum atomic E-state index is 11.6. The van der Waals surface area contributed by atoms with Gasteiger partial charge in [-0.05, 0) is 27.0 Å². The Morgan fingerprint density at radius 3 is 2.72 bits per heavy atom. The molecule has 0 saturated carbocycles. The molecule has 0 bridgehead atoms. The number of methoxy groups -OCH3 is 1. The molecule has 0 aliphatic rings. The maximum absolute atomic E-state index is 11.6. The second-order valence-corrected chi connectivity index (χ2v) is 4.52. The number of amides is 1. The average Bonchev–Trinajstić information content (AvgIpc) is 2.37. The number of benzene rings is 1. The van der Waals surface area contributed by atoms with E-state index in [-0.39, 0.29) is 11.9 Å². The summed E-state index contributed by atoms with van der Waals surface area (Å²) in [5.74, 6) is 0.876. The molecular weight excluding hydrogens is 228 g/mol. The molecule has 0 unspecified atom stereocenters. The van der Waals surface area contributed by atoms with E-state index in [1.54, 1.807) is 14.2 Å². The summed E-state index contributed by atoms with van der Waals surface area (Å²) < 4.78 is 5.34. The van der Waals surface area contributed by atoms with Crippen LogP contribution >= 0.6 is 0 Å². The van der Waals surface area contributed by atoms with Gasteiger partial charge >= 0.3 is 0 Å². The summed E-state index contributed by atoms with van der Waals surface area (Å²) in [7, 11) is 5.25. The molecule has 0 aromatic heterocycles. The molecule has 0 spiro atoms. The first-order valence-electron chi connectivity index (χ1n) is 6.05. The molecule has 1 aromatic rings. The Morgan fingerprint density at radius 2 is 2.17 bits per heavy atom. The van der Waals surface area contributed by atoms with Gasteiger partial charge in [0.2, 0.25) is 5.91 Å². The van der Waals surface area contributed by atoms with Gasteiger partial charge in [0.1, 0.15) is 5.75 Å². The van der Waals surface area contributed by atoms with Crippen LogP contribution in [0.4, 0.5) is 0 Å². The summed E-state index contributed by atoms with van der Waals surface area (Å²) in [4.78, 5) is 13.6. The van der Waals surface area contributed by atoms with E-state index in [2.05, 4.69) is 11.4 Å². The monoisotopic (exact) mass is 250 g/mol. The van der Waals surface area contributed by atoms with Crippen LogP contribution in [0.2, 0.25) is 0 Å². The van der Waals surface area contributed by atoms with Crippen molar-refractivity contribution in [2.75, 3.05) is 21.2 Å². The number of rotatable bonds is 5. The Bertz CT molecular complexity index is 418. The molecule has 1 rings (SSSR count). The van der Waals surface area contributed by atoms with Gasteiger partial charge in [0, 0.05) is 19.2 Å². The first kappa shape index (κ1) is 14.5. The molecule has 0 aliphatic carbocycles. The lowest BCUT2D eigenvalue weighted by Crippen LogP contribution is -2.41. The number of hydrogen-bond donors (Lipinski definition) is 1. The highest BCUT2D eigenvalue weighted by Gasteiger charge is 2.17. The highest BCUT2D eigenvalue weighted by molar-refractivity contribution is 5.80. The van der Waals surface area contributed by atoms with Crippen molar-refractivity contribution < 1.29 is 9.53 Å². The molecule has 1 aromatic carbocycles. The van der Waals surface area contributed by atoms with Crippen molar-refractivity contribution in [2.24, 2.45) is 0 Å². The zero-order valence-corrected chi connectivity index (χ0v) is 11.8. The Labute approximate surface area is 109 Å². The zero-order chi connectivity index (χ0) is 13.7. The number of aryl methyl sites for hydroxylation is 1. The van der Waals surface area contributed by atoms with E-state index in [0.29, 0.717) is 6.54 Å². The van der Waals surface area contributed by atoms with E-state index in [4.69, 9.17) is 4.74 Å². The molecule has 0 radical (unpaired) electrons. The van der Waals surface area contributed by atoms with E-state index in [1.165, 1.54) is 5.56 Å². The second-order valence-electron chi connectivity index (χ2n) is 4.52. The summed E-state index contributed by atoms with van der Waals surface area (Å²) in [6.45, 7) is 4.62. The Hall–Kier alpha value is -1.55. The lowest BCUT2D eigenvalue weighted by molar-refractivity contribution is -0.125. The van der Waals surface area contributed by atoms with Gasteiger partial charge in [-0.1, -0.05) is 17.7 Å². The minimum Gasteiger partial charge on any atom is -0.496 e. The lowest BCUT2D eigenvalue weighted by Gasteiger charge is -2.24. The molecule has 0 heterocycles. The van der Waals surface area contributed by atoms with Crippen LogP contribution in [0.25, 0.3) is 0 Å². The molecule has 0 fully saturated rings. The summed E-state index contributed by atoms with van der Waals surface area (Å²) in [5, 5.41) is 2.66. The van der Waals surface area contributed by atoms with Gasteiger partial charge in [0.05, 0.1) is 13.2 Å². The predicted octanol–water partition coefficient (Wildman–Crippen LogP) is 1.57. The van der Waals surface area contributed by atoms with E-state index in [9.17, 15) is 4.79 Å². The number of likely N-dealkylation sites (N-methyl/N-ethyl adjacent to an activating group) is 2. The van der Waals surface area contributed by atoms with E-state index in [0.717, 1.165) is 11.3 Å². The van der Waals surface area contributed by atoms with E-state index < -0.39 is 0 Å². The third-order valence-electron chi connectivity index (χ3n) is 3.14. The van der Waals surface area contributed by atoms with Crippen LogP contribution in [-0.4, -0.2) is 38.1 Å². The maximum Gasteiger partial charge on any atom is 0.236 e. The average molecular weight is 250 g/mol. The number of carbonyl (C=O) groups is 1. The fourth-order valence-electron chi connectivity index (χ4n) is 1.85. The summed E-state index contributed by atoms with van der Waals surface area (Å²) in [6.07, 6.45) is 0.